The summed E-state index contributed by atoms with van der Waals surface area (Å²) in [6, 6.07) is 18.6. The topological polar surface area (TPSA) is 45.2 Å². The Kier molecular flexibility index (Phi) is 4.34. The number of carbonyl (C=O) groups is 1. The van der Waals surface area contributed by atoms with Crippen LogP contribution < -0.4 is 5.32 Å². The van der Waals surface area contributed by atoms with Gasteiger partial charge in [0.1, 0.15) is 0 Å². The van der Waals surface area contributed by atoms with Crippen LogP contribution in [0.3, 0.4) is 0 Å². The summed E-state index contributed by atoms with van der Waals surface area (Å²) < 4.78 is 0. The van der Waals surface area contributed by atoms with Crippen molar-refractivity contribution >= 4 is 16.8 Å². The number of hydrogen-bond acceptors (Lipinski definition) is 2. The van der Waals surface area contributed by atoms with Gasteiger partial charge in [0.25, 0.3) is 0 Å². The third-order valence-electron chi connectivity index (χ3n) is 4.96. The summed E-state index contributed by atoms with van der Waals surface area (Å²) in [5.41, 5.74) is 2.41. The molecule has 1 N–H and O–H groups in total. The number of fused-ring (bicyclic) bond motifs is 1. The Hall–Kier alpha value is -2.88. The van der Waals surface area contributed by atoms with Crippen molar-refractivity contribution in [1.29, 1.82) is 0 Å². The van der Waals surface area contributed by atoms with Gasteiger partial charge in [0.2, 0.25) is 0 Å². The fraction of sp³-hybridized carbons (Fsp3) is 0.238. The molecule has 2 heterocycles. The quantitative estimate of drug-likeness (QED) is 0.790. The van der Waals surface area contributed by atoms with Crippen LogP contribution in [-0.2, 0) is 6.54 Å². The number of pyridine rings is 1. The van der Waals surface area contributed by atoms with E-state index in [1.807, 2.05) is 47.6 Å². The Bertz CT molecular complexity index is 873. The van der Waals surface area contributed by atoms with E-state index in [2.05, 4.69) is 34.6 Å². The summed E-state index contributed by atoms with van der Waals surface area (Å²) in [5.74, 6) is 0.409. The molecule has 2 aromatic carbocycles. The van der Waals surface area contributed by atoms with E-state index in [0.29, 0.717) is 12.5 Å². The largest absolute Gasteiger partial charge is 0.334 e. The average molecular weight is 331 g/mol. The Labute approximate surface area is 147 Å². The van der Waals surface area contributed by atoms with Crippen molar-refractivity contribution in [1.82, 2.24) is 15.2 Å². The first-order valence-electron chi connectivity index (χ1n) is 8.70. The highest BCUT2D eigenvalue weighted by Crippen LogP contribution is 2.26. The van der Waals surface area contributed by atoms with E-state index >= 15 is 0 Å². The number of carbonyl (C=O) groups excluding carboxylic acids is 1. The molecule has 1 aromatic heterocycles. The lowest BCUT2D eigenvalue weighted by molar-refractivity contribution is 0.208. The standard InChI is InChI=1S/C21H21N3O/c25-21(24-13-10-19(15-24)16-8-11-22-12-9-16)23-14-18-6-3-5-17-4-1-2-7-20(17)18/h1-9,11-12,19H,10,13-15H2,(H,23,25). The van der Waals surface area contributed by atoms with Crippen molar-refractivity contribution in [2.75, 3.05) is 13.1 Å². The van der Waals surface area contributed by atoms with Gasteiger partial charge >= 0.3 is 6.03 Å². The molecule has 4 rings (SSSR count). The van der Waals surface area contributed by atoms with Gasteiger partial charge in [-0.1, -0.05) is 42.5 Å². The molecule has 0 aliphatic carbocycles. The first-order valence-corrected chi connectivity index (χ1v) is 8.70. The van der Waals surface area contributed by atoms with Crippen molar-refractivity contribution in [3.8, 4) is 0 Å². The molecule has 0 saturated carbocycles. The molecule has 1 atom stereocenters. The summed E-state index contributed by atoms with van der Waals surface area (Å²) in [4.78, 5) is 18.5. The fourth-order valence-electron chi connectivity index (χ4n) is 3.58. The first kappa shape index (κ1) is 15.6. The van der Waals surface area contributed by atoms with Gasteiger partial charge in [-0.15, -0.1) is 0 Å². The highest BCUT2D eigenvalue weighted by molar-refractivity contribution is 5.86. The van der Waals surface area contributed by atoms with E-state index in [9.17, 15) is 4.79 Å². The van der Waals surface area contributed by atoms with E-state index in [-0.39, 0.29) is 6.03 Å². The zero-order valence-electron chi connectivity index (χ0n) is 14.1. The number of benzene rings is 2. The minimum atomic E-state index is 0.0180. The summed E-state index contributed by atoms with van der Waals surface area (Å²) in [5, 5.41) is 5.48. The van der Waals surface area contributed by atoms with Crippen LogP contribution in [0.25, 0.3) is 10.8 Å². The Morgan fingerprint density at radius 1 is 1.08 bits per heavy atom. The Morgan fingerprint density at radius 3 is 2.76 bits per heavy atom. The molecule has 3 aromatic rings. The van der Waals surface area contributed by atoms with Crippen LogP contribution in [0.5, 0.6) is 0 Å². The van der Waals surface area contributed by atoms with Crippen molar-refractivity contribution in [2.24, 2.45) is 0 Å². The second-order valence-electron chi connectivity index (χ2n) is 6.51. The third kappa shape index (κ3) is 3.33. The van der Waals surface area contributed by atoms with Gasteiger partial charge in [0.05, 0.1) is 0 Å². The van der Waals surface area contributed by atoms with Crippen LogP contribution >= 0.6 is 0 Å². The van der Waals surface area contributed by atoms with Crippen LogP contribution in [0.4, 0.5) is 4.79 Å². The van der Waals surface area contributed by atoms with Crippen LogP contribution in [-0.4, -0.2) is 29.0 Å². The fourth-order valence-corrected chi connectivity index (χ4v) is 3.58. The van der Waals surface area contributed by atoms with Crippen LogP contribution in [0.15, 0.2) is 67.0 Å². The van der Waals surface area contributed by atoms with Crippen LogP contribution in [0.2, 0.25) is 0 Å². The minimum Gasteiger partial charge on any atom is -0.334 e. The molecule has 0 spiro atoms. The molecule has 0 bridgehead atoms. The molecule has 1 aliphatic heterocycles. The zero-order valence-corrected chi connectivity index (χ0v) is 14.1. The predicted octanol–water partition coefficient (Wildman–Crippen LogP) is 3.93. The highest BCUT2D eigenvalue weighted by Gasteiger charge is 2.27. The molecule has 25 heavy (non-hydrogen) atoms. The van der Waals surface area contributed by atoms with E-state index in [4.69, 9.17) is 0 Å². The molecule has 4 heteroatoms. The number of aromatic nitrogens is 1. The maximum atomic E-state index is 12.5. The second-order valence-corrected chi connectivity index (χ2v) is 6.51. The van der Waals surface area contributed by atoms with Gasteiger partial charge in [-0.25, -0.2) is 4.79 Å². The van der Waals surface area contributed by atoms with Gasteiger partial charge in [-0.3, -0.25) is 4.98 Å². The predicted molar refractivity (Wildman–Crippen MR) is 99.4 cm³/mol. The Balaban J connectivity index is 1.39. The zero-order chi connectivity index (χ0) is 17.1. The molecule has 2 amide bonds. The number of likely N-dealkylation sites (tertiary alicyclic amines) is 1. The lowest BCUT2D eigenvalue weighted by atomic mass is 10.00. The lowest BCUT2D eigenvalue weighted by Gasteiger charge is -2.18. The van der Waals surface area contributed by atoms with Gasteiger partial charge < -0.3 is 10.2 Å². The molecular weight excluding hydrogens is 310 g/mol. The molecule has 1 fully saturated rings. The molecule has 1 saturated heterocycles. The minimum absolute atomic E-state index is 0.0180. The van der Waals surface area contributed by atoms with E-state index in [1.165, 1.54) is 16.3 Å². The molecule has 1 aliphatic rings. The normalized spacial score (nSPS) is 17.0. The highest BCUT2D eigenvalue weighted by atomic mass is 16.2. The molecule has 126 valence electrons. The van der Waals surface area contributed by atoms with E-state index in [0.717, 1.165) is 25.1 Å². The van der Waals surface area contributed by atoms with Crippen molar-refractivity contribution < 1.29 is 4.79 Å². The molecule has 4 nitrogen and oxygen atoms in total. The number of nitrogens with zero attached hydrogens (tertiary/aromatic N) is 2. The van der Waals surface area contributed by atoms with Gasteiger partial charge in [0.15, 0.2) is 0 Å². The van der Waals surface area contributed by atoms with E-state index in [1.54, 1.807) is 0 Å². The maximum absolute atomic E-state index is 12.5. The summed E-state index contributed by atoms with van der Waals surface area (Å²) in [6.45, 7) is 2.12. The van der Waals surface area contributed by atoms with Gasteiger partial charge in [-0.2, -0.15) is 0 Å². The number of hydrogen-bond donors (Lipinski definition) is 1. The SMILES string of the molecule is O=C(NCc1cccc2ccccc12)N1CCC(c2ccncc2)C1. The number of amides is 2. The summed E-state index contributed by atoms with van der Waals surface area (Å²) in [6.07, 6.45) is 4.64. The lowest BCUT2D eigenvalue weighted by Crippen LogP contribution is -2.38. The summed E-state index contributed by atoms with van der Waals surface area (Å²) in [7, 11) is 0. The number of rotatable bonds is 3. The second kappa shape index (κ2) is 6.93. The Morgan fingerprint density at radius 2 is 1.88 bits per heavy atom. The molecular formula is C21H21N3O. The van der Waals surface area contributed by atoms with Gasteiger partial charge in [-0.05, 0) is 40.5 Å². The molecule has 0 radical (unpaired) electrons. The first-order chi connectivity index (χ1) is 12.3. The smallest absolute Gasteiger partial charge is 0.317 e. The molecule has 1 unspecified atom stereocenters. The van der Waals surface area contributed by atoms with Crippen molar-refractivity contribution in [3.05, 3.63) is 78.1 Å². The maximum Gasteiger partial charge on any atom is 0.317 e. The monoisotopic (exact) mass is 331 g/mol. The van der Waals surface area contributed by atoms with Gasteiger partial charge in [0, 0.05) is 37.9 Å². The summed E-state index contributed by atoms with van der Waals surface area (Å²) >= 11 is 0. The van der Waals surface area contributed by atoms with Crippen LogP contribution in [0.1, 0.15) is 23.5 Å². The van der Waals surface area contributed by atoms with E-state index < -0.39 is 0 Å². The van der Waals surface area contributed by atoms with Crippen molar-refractivity contribution in [3.63, 3.8) is 0 Å². The average Bonchev–Trinajstić information content (AvgIpc) is 3.17. The van der Waals surface area contributed by atoms with Crippen LogP contribution in [0, 0.1) is 0 Å². The third-order valence-corrected chi connectivity index (χ3v) is 4.96. The number of nitrogens with one attached hydrogen (secondary N) is 1. The number of urea groups is 1. The van der Waals surface area contributed by atoms with Crippen molar-refractivity contribution in [2.45, 2.75) is 18.9 Å².